The maximum Gasteiger partial charge on any atom is 0.225 e. The van der Waals surface area contributed by atoms with E-state index in [4.69, 9.17) is 11.6 Å². The summed E-state index contributed by atoms with van der Waals surface area (Å²) < 4.78 is 14.3. The number of piperazine rings is 1. The zero-order valence-electron chi connectivity index (χ0n) is 11.0. The molecule has 0 aromatic carbocycles. The van der Waals surface area contributed by atoms with Crippen LogP contribution in [-0.2, 0) is 0 Å². The molecule has 2 atom stereocenters. The number of pyridine rings is 1. The van der Waals surface area contributed by atoms with Crippen LogP contribution in [0.25, 0.3) is 10.9 Å². The highest BCUT2D eigenvalue weighted by atomic mass is 79.9. The molecule has 2 bridgehead atoms. The SMILES string of the molecule is Fc1c(Br)ncc2c(N3C[C@H]4CC[C@@H](C3)N4)nc(Cl)nc12. The summed E-state index contributed by atoms with van der Waals surface area (Å²) in [4.78, 5) is 14.5. The molecule has 0 aliphatic carbocycles. The van der Waals surface area contributed by atoms with Gasteiger partial charge in [0.15, 0.2) is 5.82 Å². The van der Waals surface area contributed by atoms with Gasteiger partial charge in [0, 0.05) is 31.4 Å². The summed E-state index contributed by atoms with van der Waals surface area (Å²) in [5.74, 6) is 0.165. The molecule has 5 nitrogen and oxygen atoms in total. The first-order valence-electron chi connectivity index (χ1n) is 6.80. The van der Waals surface area contributed by atoms with Gasteiger partial charge < -0.3 is 10.2 Å². The lowest BCUT2D eigenvalue weighted by Crippen LogP contribution is -2.51. The minimum Gasteiger partial charge on any atom is -0.353 e. The minimum absolute atomic E-state index is 0.0559. The van der Waals surface area contributed by atoms with E-state index in [1.54, 1.807) is 6.20 Å². The fourth-order valence-electron chi connectivity index (χ4n) is 3.20. The van der Waals surface area contributed by atoms with Crippen LogP contribution in [0.15, 0.2) is 10.8 Å². The van der Waals surface area contributed by atoms with Gasteiger partial charge in [-0.15, -0.1) is 0 Å². The molecule has 0 spiro atoms. The predicted octanol–water partition coefficient (Wildman–Crippen LogP) is 2.52. The molecule has 2 aromatic heterocycles. The Balaban J connectivity index is 1.86. The molecular weight excluding hydrogens is 361 g/mol. The summed E-state index contributed by atoms with van der Waals surface area (Å²) in [5.41, 5.74) is 0.206. The molecule has 0 amide bonds. The van der Waals surface area contributed by atoms with Crippen LogP contribution >= 0.6 is 27.5 Å². The molecule has 4 heterocycles. The fourth-order valence-corrected chi connectivity index (χ4v) is 3.66. The largest absolute Gasteiger partial charge is 0.353 e. The van der Waals surface area contributed by atoms with Crippen molar-refractivity contribution < 1.29 is 4.39 Å². The lowest BCUT2D eigenvalue weighted by molar-refractivity contribution is 0.464. The van der Waals surface area contributed by atoms with Crippen LogP contribution in [0.3, 0.4) is 0 Å². The molecular formula is C13H12BrClFN5. The zero-order valence-corrected chi connectivity index (χ0v) is 13.3. The summed E-state index contributed by atoms with van der Waals surface area (Å²) in [7, 11) is 0. The Bertz CT molecular complexity index is 715. The van der Waals surface area contributed by atoms with E-state index in [1.807, 2.05) is 0 Å². The standard InChI is InChI=1S/C13H12BrClFN5/c14-11-9(16)10-8(3-17-11)12(20-13(15)19-10)21-4-6-1-2-7(5-21)18-6/h3,6-7,18H,1-2,4-5H2/t6-,7+. The Morgan fingerprint density at radius 1 is 1.29 bits per heavy atom. The first kappa shape index (κ1) is 13.6. The van der Waals surface area contributed by atoms with Crippen LogP contribution in [0, 0.1) is 5.82 Å². The quantitative estimate of drug-likeness (QED) is 0.616. The second-order valence-electron chi connectivity index (χ2n) is 5.48. The van der Waals surface area contributed by atoms with Gasteiger partial charge in [-0.05, 0) is 40.4 Å². The van der Waals surface area contributed by atoms with E-state index in [-0.39, 0.29) is 15.4 Å². The average molecular weight is 373 g/mol. The van der Waals surface area contributed by atoms with E-state index in [2.05, 4.69) is 41.1 Å². The van der Waals surface area contributed by atoms with Gasteiger partial charge >= 0.3 is 0 Å². The highest BCUT2D eigenvalue weighted by Crippen LogP contribution is 2.32. The van der Waals surface area contributed by atoms with Crippen LogP contribution < -0.4 is 10.2 Å². The molecule has 110 valence electrons. The third kappa shape index (κ3) is 2.27. The van der Waals surface area contributed by atoms with Crippen molar-refractivity contribution in [1.82, 2.24) is 20.3 Å². The predicted molar refractivity (Wildman–Crippen MR) is 82.2 cm³/mol. The number of nitrogens with zero attached hydrogens (tertiary/aromatic N) is 4. The molecule has 4 rings (SSSR count). The molecule has 8 heteroatoms. The number of hydrogen-bond donors (Lipinski definition) is 1. The molecule has 0 radical (unpaired) electrons. The van der Waals surface area contributed by atoms with Crippen molar-refractivity contribution in [3.8, 4) is 0 Å². The lowest BCUT2D eigenvalue weighted by atomic mass is 10.2. The zero-order chi connectivity index (χ0) is 14.6. The second-order valence-corrected chi connectivity index (χ2v) is 6.57. The Kier molecular flexibility index (Phi) is 3.24. The van der Waals surface area contributed by atoms with Gasteiger partial charge in [0.05, 0.1) is 5.39 Å². The lowest BCUT2D eigenvalue weighted by Gasteiger charge is -2.34. The number of aromatic nitrogens is 3. The summed E-state index contributed by atoms with van der Waals surface area (Å²) in [5, 5.41) is 4.21. The van der Waals surface area contributed by atoms with E-state index >= 15 is 0 Å². The van der Waals surface area contributed by atoms with Crippen LogP contribution in [0.4, 0.5) is 10.2 Å². The first-order chi connectivity index (χ1) is 10.1. The summed E-state index contributed by atoms with van der Waals surface area (Å²) in [6.07, 6.45) is 3.92. The number of hydrogen-bond acceptors (Lipinski definition) is 5. The third-order valence-corrected chi connectivity index (χ3v) is 4.83. The molecule has 0 unspecified atom stereocenters. The van der Waals surface area contributed by atoms with Gasteiger partial charge in [-0.1, -0.05) is 0 Å². The number of rotatable bonds is 1. The molecule has 2 aliphatic heterocycles. The van der Waals surface area contributed by atoms with Crippen LogP contribution in [0.5, 0.6) is 0 Å². The van der Waals surface area contributed by atoms with Crippen molar-refractivity contribution in [3.63, 3.8) is 0 Å². The Hall–Kier alpha value is -1.05. The molecule has 0 saturated carbocycles. The third-order valence-electron chi connectivity index (χ3n) is 4.11. The Labute approximate surface area is 134 Å². The molecule has 1 N–H and O–H groups in total. The van der Waals surface area contributed by atoms with Gasteiger partial charge in [-0.3, -0.25) is 0 Å². The Morgan fingerprint density at radius 3 is 2.71 bits per heavy atom. The van der Waals surface area contributed by atoms with Crippen LogP contribution in [0.1, 0.15) is 12.8 Å². The van der Waals surface area contributed by atoms with Crippen molar-refractivity contribution in [1.29, 1.82) is 0 Å². The van der Waals surface area contributed by atoms with E-state index in [0.717, 1.165) is 25.9 Å². The Morgan fingerprint density at radius 2 is 2.00 bits per heavy atom. The van der Waals surface area contributed by atoms with Gasteiger partial charge in [-0.25, -0.2) is 14.4 Å². The highest BCUT2D eigenvalue weighted by Gasteiger charge is 2.33. The van der Waals surface area contributed by atoms with E-state index in [1.165, 1.54) is 0 Å². The van der Waals surface area contributed by atoms with Gasteiger partial charge in [0.25, 0.3) is 0 Å². The topological polar surface area (TPSA) is 53.9 Å². The molecule has 21 heavy (non-hydrogen) atoms. The second kappa shape index (κ2) is 5.00. The molecule has 2 aliphatic rings. The van der Waals surface area contributed by atoms with Crippen molar-refractivity contribution in [2.24, 2.45) is 0 Å². The molecule has 2 fully saturated rings. The highest BCUT2D eigenvalue weighted by molar-refractivity contribution is 9.10. The summed E-state index contributed by atoms with van der Waals surface area (Å²) in [6.45, 7) is 1.69. The van der Waals surface area contributed by atoms with Crippen molar-refractivity contribution in [3.05, 3.63) is 21.9 Å². The normalized spacial score (nSPS) is 24.8. The average Bonchev–Trinajstić information content (AvgIpc) is 2.81. The van der Waals surface area contributed by atoms with E-state index in [0.29, 0.717) is 23.3 Å². The number of halogens is 3. The van der Waals surface area contributed by atoms with E-state index in [9.17, 15) is 4.39 Å². The van der Waals surface area contributed by atoms with Crippen molar-refractivity contribution >= 4 is 44.3 Å². The van der Waals surface area contributed by atoms with Gasteiger partial charge in [-0.2, -0.15) is 4.98 Å². The maximum absolute atomic E-state index is 14.2. The smallest absolute Gasteiger partial charge is 0.225 e. The monoisotopic (exact) mass is 371 g/mol. The van der Waals surface area contributed by atoms with Crippen molar-refractivity contribution in [2.45, 2.75) is 24.9 Å². The fraction of sp³-hybridized carbons (Fsp3) is 0.462. The van der Waals surface area contributed by atoms with Gasteiger partial charge in [0.1, 0.15) is 15.9 Å². The van der Waals surface area contributed by atoms with Crippen molar-refractivity contribution in [2.75, 3.05) is 18.0 Å². The number of nitrogens with one attached hydrogen (secondary N) is 1. The maximum atomic E-state index is 14.2. The minimum atomic E-state index is -0.504. The van der Waals surface area contributed by atoms with Crippen LogP contribution in [-0.4, -0.2) is 40.1 Å². The molecule has 2 saturated heterocycles. The summed E-state index contributed by atoms with van der Waals surface area (Å²) >= 11 is 9.07. The van der Waals surface area contributed by atoms with Crippen LogP contribution in [0.2, 0.25) is 5.28 Å². The summed E-state index contributed by atoms with van der Waals surface area (Å²) in [6, 6.07) is 0.918. The molecule has 2 aromatic rings. The van der Waals surface area contributed by atoms with Gasteiger partial charge in [0.2, 0.25) is 5.28 Å². The number of fused-ring (bicyclic) bond motifs is 3. The number of anilines is 1. The first-order valence-corrected chi connectivity index (χ1v) is 7.97. The van der Waals surface area contributed by atoms with E-state index < -0.39 is 5.82 Å².